The molecule has 4 rings (SSSR count). The highest BCUT2D eigenvalue weighted by atomic mass is 35.5. The van der Waals surface area contributed by atoms with Crippen molar-refractivity contribution in [1.82, 2.24) is 0 Å². The summed E-state index contributed by atoms with van der Waals surface area (Å²) in [7, 11) is 1.62. The van der Waals surface area contributed by atoms with Crippen LogP contribution in [0.15, 0.2) is 71.6 Å². The van der Waals surface area contributed by atoms with Gasteiger partial charge in [0.05, 0.1) is 18.3 Å². The van der Waals surface area contributed by atoms with Gasteiger partial charge in [-0.25, -0.2) is 0 Å². The van der Waals surface area contributed by atoms with Crippen LogP contribution in [0.2, 0.25) is 5.02 Å². The minimum absolute atomic E-state index is 0.0937. The molecule has 5 nitrogen and oxygen atoms in total. The van der Waals surface area contributed by atoms with Crippen molar-refractivity contribution in [3.8, 4) is 11.5 Å². The minimum Gasteiger partial charge on any atom is -0.493 e. The summed E-state index contributed by atoms with van der Waals surface area (Å²) in [6.45, 7) is 5.87. The number of carbonyl (C=O) groups excluding carboxylic acids is 1. The monoisotopic (exact) mass is 523 g/mol. The Bertz CT molecular complexity index is 1250. The van der Waals surface area contributed by atoms with Crippen LogP contribution in [0.5, 0.6) is 11.5 Å². The van der Waals surface area contributed by atoms with Crippen LogP contribution in [0.1, 0.15) is 43.9 Å². The van der Waals surface area contributed by atoms with Crippen LogP contribution in [0, 0.1) is 5.41 Å². The first kappa shape index (κ1) is 26.1. The molecule has 3 aromatic rings. The Labute approximate surface area is 221 Å². The van der Waals surface area contributed by atoms with Gasteiger partial charge in [-0.1, -0.05) is 41.9 Å². The quantitative estimate of drug-likeness (QED) is 0.237. The van der Waals surface area contributed by atoms with E-state index in [0.717, 1.165) is 21.6 Å². The van der Waals surface area contributed by atoms with E-state index in [-0.39, 0.29) is 6.42 Å². The third kappa shape index (κ3) is 5.88. The molecule has 0 spiro atoms. The summed E-state index contributed by atoms with van der Waals surface area (Å²) in [6, 6.07) is 21.4. The largest absolute Gasteiger partial charge is 0.493 e. The van der Waals surface area contributed by atoms with Crippen LogP contribution < -0.4 is 9.47 Å². The molecule has 0 aliphatic heterocycles. The smallest absolute Gasteiger partial charge is 0.312 e. The van der Waals surface area contributed by atoms with Crippen molar-refractivity contribution in [2.45, 2.75) is 55.5 Å². The number of halogens is 1. The van der Waals surface area contributed by atoms with E-state index in [2.05, 4.69) is 0 Å². The molecule has 3 aromatic carbocycles. The highest BCUT2D eigenvalue weighted by Gasteiger charge is 2.49. The Hall–Kier alpha value is -2.96. The van der Waals surface area contributed by atoms with Crippen LogP contribution in [0.3, 0.4) is 0 Å². The standard InChI is InChI=1S/C29H30ClNO4S/c1-28(2,3)35-27(32)16-26(31)29(36-22-12-10-21(30)11-13-22)17-20-14-24(33-4)25(15-23(20)29)34-18-19-8-6-5-7-9-19/h5-15,31H,16-18H2,1-4H3. The number of methoxy groups -OCH3 is 1. The molecular weight excluding hydrogens is 494 g/mol. The summed E-state index contributed by atoms with van der Waals surface area (Å²) in [5.74, 6) is 0.838. The number of hydrogen-bond donors (Lipinski definition) is 1. The number of benzene rings is 3. The topological polar surface area (TPSA) is 68.6 Å². The molecule has 1 aliphatic rings. The average Bonchev–Trinajstić information content (AvgIpc) is 2.82. The zero-order chi connectivity index (χ0) is 25.9. The van der Waals surface area contributed by atoms with Crippen molar-refractivity contribution in [2.24, 2.45) is 0 Å². The average molecular weight is 524 g/mol. The number of nitrogens with one attached hydrogen (secondary N) is 1. The van der Waals surface area contributed by atoms with Gasteiger partial charge in [-0.2, -0.15) is 0 Å². The maximum absolute atomic E-state index is 12.7. The van der Waals surface area contributed by atoms with Crippen LogP contribution in [-0.2, 0) is 27.3 Å². The van der Waals surface area contributed by atoms with Crippen molar-refractivity contribution in [2.75, 3.05) is 7.11 Å². The van der Waals surface area contributed by atoms with E-state index in [9.17, 15) is 4.79 Å². The van der Waals surface area contributed by atoms with E-state index < -0.39 is 16.3 Å². The van der Waals surface area contributed by atoms with E-state index in [0.29, 0.717) is 35.3 Å². The Morgan fingerprint density at radius 2 is 1.75 bits per heavy atom. The Kier molecular flexibility index (Phi) is 7.67. The van der Waals surface area contributed by atoms with E-state index in [1.165, 1.54) is 0 Å². The molecule has 0 fully saturated rings. The van der Waals surface area contributed by atoms with Gasteiger partial charge in [-0.05, 0) is 80.3 Å². The lowest BCUT2D eigenvalue weighted by atomic mass is 9.72. The number of ether oxygens (including phenoxy) is 3. The molecule has 0 aromatic heterocycles. The van der Waals surface area contributed by atoms with Gasteiger partial charge >= 0.3 is 5.97 Å². The van der Waals surface area contributed by atoms with Crippen molar-refractivity contribution >= 4 is 35.0 Å². The zero-order valence-corrected chi connectivity index (χ0v) is 22.5. The molecule has 1 aliphatic carbocycles. The lowest BCUT2D eigenvalue weighted by molar-refractivity contribution is -0.153. The van der Waals surface area contributed by atoms with E-state index in [1.54, 1.807) is 18.9 Å². The fourth-order valence-electron chi connectivity index (χ4n) is 4.18. The van der Waals surface area contributed by atoms with Crippen molar-refractivity contribution < 1.29 is 19.0 Å². The first-order chi connectivity index (χ1) is 17.1. The first-order valence-electron chi connectivity index (χ1n) is 11.7. The molecule has 0 bridgehead atoms. The van der Waals surface area contributed by atoms with E-state index in [1.807, 2.05) is 87.5 Å². The summed E-state index contributed by atoms with van der Waals surface area (Å²) >= 11 is 7.65. The number of carbonyl (C=O) groups is 1. The molecule has 1 N–H and O–H groups in total. The third-order valence-corrected chi connectivity index (χ3v) is 7.55. The normalized spacial score (nSPS) is 16.5. The number of thioether (sulfide) groups is 1. The second-order valence-corrected chi connectivity index (χ2v) is 11.5. The maximum Gasteiger partial charge on any atom is 0.312 e. The van der Waals surface area contributed by atoms with Crippen LogP contribution in [-0.4, -0.2) is 24.4 Å². The fraction of sp³-hybridized carbons (Fsp3) is 0.310. The lowest BCUT2D eigenvalue weighted by Gasteiger charge is -2.44. The van der Waals surface area contributed by atoms with Gasteiger partial charge < -0.3 is 19.6 Å². The molecular formula is C29H30ClNO4S. The predicted octanol–water partition coefficient (Wildman–Crippen LogP) is 7.22. The van der Waals surface area contributed by atoms with Gasteiger partial charge in [0.15, 0.2) is 11.5 Å². The molecule has 0 saturated carbocycles. The Morgan fingerprint density at radius 3 is 2.39 bits per heavy atom. The van der Waals surface area contributed by atoms with E-state index in [4.69, 9.17) is 31.2 Å². The lowest BCUT2D eigenvalue weighted by Crippen LogP contribution is -2.44. The van der Waals surface area contributed by atoms with E-state index >= 15 is 0 Å². The molecule has 36 heavy (non-hydrogen) atoms. The molecule has 0 radical (unpaired) electrons. The molecule has 1 atom stereocenters. The number of esters is 1. The van der Waals surface area contributed by atoms with Crippen LogP contribution in [0.4, 0.5) is 0 Å². The summed E-state index contributed by atoms with van der Waals surface area (Å²) in [6.07, 6.45) is 0.496. The molecule has 1 unspecified atom stereocenters. The van der Waals surface area contributed by atoms with Crippen molar-refractivity contribution in [3.05, 3.63) is 88.4 Å². The third-order valence-electron chi connectivity index (χ3n) is 5.84. The molecule has 0 amide bonds. The van der Waals surface area contributed by atoms with Crippen molar-refractivity contribution in [1.29, 1.82) is 5.41 Å². The van der Waals surface area contributed by atoms with Gasteiger partial charge in [-0.3, -0.25) is 4.79 Å². The summed E-state index contributed by atoms with van der Waals surface area (Å²) in [5, 5.41) is 9.69. The molecule has 0 heterocycles. The zero-order valence-electron chi connectivity index (χ0n) is 20.9. The Balaban J connectivity index is 1.67. The summed E-state index contributed by atoms with van der Waals surface area (Å²) in [4.78, 5) is 13.6. The highest BCUT2D eigenvalue weighted by Crippen LogP contribution is 2.56. The van der Waals surface area contributed by atoms with Crippen molar-refractivity contribution in [3.63, 3.8) is 0 Å². The second kappa shape index (κ2) is 10.6. The van der Waals surface area contributed by atoms with Crippen LogP contribution in [0.25, 0.3) is 0 Å². The number of hydrogen-bond acceptors (Lipinski definition) is 6. The number of rotatable bonds is 9. The first-order valence-corrected chi connectivity index (χ1v) is 12.9. The van der Waals surface area contributed by atoms with Gasteiger partial charge in [0, 0.05) is 15.6 Å². The van der Waals surface area contributed by atoms with Gasteiger partial charge in [0.25, 0.3) is 0 Å². The molecule has 0 saturated heterocycles. The highest BCUT2D eigenvalue weighted by molar-refractivity contribution is 8.01. The summed E-state index contributed by atoms with van der Waals surface area (Å²) < 4.78 is 16.6. The van der Waals surface area contributed by atoms with Gasteiger partial charge in [0.1, 0.15) is 12.2 Å². The SMILES string of the molecule is COc1cc2c(cc1OCc1ccccc1)C(Sc1ccc(Cl)cc1)(C(=N)CC(=O)OC(C)(C)C)C2. The molecule has 188 valence electrons. The predicted molar refractivity (Wildman–Crippen MR) is 145 cm³/mol. The maximum atomic E-state index is 12.7. The molecule has 7 heteroatoms. The second-order valence-electron chi connectivity index (χ2n) is 9.74. The fourth-order valence-corrected chi connectivity index (χ4v) is 5.70. The van der Waals surface area contributed by atoms with Gasteiger partial charge in [0.2, 0.25) is 0 Å². The van der Waals surface area contributed by atoms with Gasteiger partial charge in [-0.15, -0.1) is 11.8 Å². The van der Waals surface area contributed by atoms with Crippen LogP contribution >= 0.6 is 23.4 Å². The minimum atomic E-state index is -0.725. The Morgan fingerprint density at radius 1 is 1.06 bits per heavy atom. The number of fused-ring (bicyclic) bond motifs is 1. The summed E-state index contributed by atoms with van der Waals surface area (Å²) in [5.41, 5.74) is 2.73.